The van der Waals surface area contributed by atoms with Crippen molar-refractivity contribution in [3.8, 4) is 0 Å². The first kappa shape index (κ1) is 8.86. The molecule has 0 bridgehead atoms. The standard InChI is InChI=1S/C13H12O2/c14-12-7-3-4-8-13(12)11-6-2-1-5-10(11)9-15-13/h1-2,4-6,8H,3,7,9H2. The topological polar surface area (TPSA) is 26.3 Å². The Bertz CT molecular complexity index is 448. The van der Waals surface area contributed by atoms with Gasteiger partial charge in [-0.1, -0.05) is 30.3 Å². The summed E-state index contributed by atoms with van der Waals surface area (Å²) in [7, 11) is 0. The fraction of sp³-hybridized carbons (Fsp3) is 0.308. The summed E-state index contributed by atoms with van der Waals surface area (Å²) in [6, 6.07) is 7.97. The van der Waals surface area contributed by atoms with Crippen molar-refractivity contribution in [3.05, 3.63) is 47.5 Å². The fourth-order valence-corrected chi connectivity index (χ4v) is 2.39. The maximum absolute atomic E-state index is 12.0. The molecule has 0 saturated carbocycles. The Balaban J connectivity index is 2.19. The summed E-state index contributed by atoms with van der Waals surface area (Å²) in [5, 5.41) is 0. The molecule has 1 aromatic rings. The molecule has 1 spiro atoms. The van der Waals surface area contributed by atoms with Gasteiger partial charge in [0.1, 0.15) is 0 Å². The van der Waals surface area contributed by atoms with Crippen molar-refractivity contribution in [1.29, 1.82) is 0 Å². The van der Waals surface area contributed by atoms with E-state index in [4.69, 9.17) is 4.74 Å². The van der Waals surface area contributed by atoms with Gasteiger partial charge < -0.3 is 4.74 Å². The Morgan fingerprint density at radius 1 is 1.27 bits per heavy atom. The van der Waals surface area contributed by atoms with Gasteiger partial charge in [0.25, 0.3) is 0 Å². The maximum Gasteiger partial charge on any atom is 0.173 e. The minimum Gasteiger partial charge on any atom is -0.354 e. The highest BCUT2D eigenvalue weighted by molar-refractivity contribution is 5.92. The van der Waals surface area contributed by atoms with Crippen molar-refractivity contribution in [1.82, 2.24) is 0 Å². The number of ketones is 1. The number of rotatable bonds is 0. The average molecular weight is 200 g/mol. The number of ether oxygens (including phenoxy) is 1. The van der Waals surface area contributed by atoms with E-state index in [1.54, 1.807) is 0 Å². The van der Waals surface area contributed by atoms with Crippen LogP contribution in [0.25, 0.3) is 0 Å². The lowest BCUT2D eigenvalue weighted by Crippen LogP contribution is -2.35. The van der Waals surface area contributed by atoms with Gasteiger partial charge in [-0.25, -0.2) is 0 Å². The lowest BCUT2D eigenvalue weighted by Gasteiger charge is -2.27. The summed E-state index contributed by atoms with van der Waals surface area (Å²) in [4.78, 5) is 12.0. The number of fused-ring (bicyclic) bond motifs is 2. The van der Waals surface area contributed by atoms with E-state index in [-0.39, 0.29) is 5.78 Å². The Hall–Kier alpha value is -1.41. The molecule has 3 rings (SSSR count). The van der Waals surface area contributed by atoms with Gasteiger partial charge in [-0.3, -0.25) is 4.79 Å². The summed E-state index contributed by atoms with van der Waals surface area (Å²) >= 11 is 0. The minimum absolute atomic E-state index is 0.190. The van der Waals surface area contributed by atoms with Crippen LogP contribution in [0.2, 0.25) is 0 Å². The third-order valence-electron chi connectivity index (χ3n) is 3.18. The zero-order valence-electron chi connectivity index (χ0n) is 8.40. The van der Waals surface area contributed by atoms with E-state index >= 15 is 0 Å². The van der Waals surface area contributed by atoms with Crippen LogP contribution in [-0.4, -0.2) is 5.78 Å². The minimum atomic E-state index is -0.755. The smallest absolute Gasteiger partial charge is 0.173 e. The lowest BCUT2D eigenvalue weighted by atomic mass is 9.83. The predicted molar refractivity (Wildman–Crippen MR) is 56.3 cm³/mol. The second kappa shape index (κ2) is 3.04. The van der Waals surface area contributed by atoms with Gasteiger partial charge in [0, 0.05) is 12.0 Å². The van der Waals surface area contributed by atoms with E-state index in [1.165, 1.54) is 0 Å². The highest BCUT2D eigenvalue weighted by atomic mass is 16.5. The summed E-state index contributed by atoms with van der Waals surface area (Å²) in [6.07, 6.45) is 5.39. The van der Waals surface area contributed by atoms with E-state index in [2.05, 4.69) is 0 Å². The van der Waals surface area contributed by atoms with Crippen molar-refractivity contribution in [2.45, 2.75) is 25.0 Å². The molecule has 1 unspecified atom stereocenters. The number of allylic oxidation sites excluding steroid dienone is 1. The van der Waals surface area contributed by atoms with Crippen molar-refractivity contribution >= 4 is 5.78 Å². The number of carbonyl (C=O) groups excluding carboxylic acids is 1. The van der Waals surface area contributed by atoms with Gasteiger partial charge in [-0.05, 0) is 18.1 Å². The fourth-order valence-electron chi connectivity index (χ4n) is 2.39. The van der Waals surface area contributed by atoms with Crippen molar-refractivity contribution in [2.75, 3.05) is 0 Å². The van der Waals surface area contributed by atoms with Crippen LogP contribution in [0.3, 0.4) is 0 Å². The largest absolute Gasteiger partial charge is 0.354 e. The van der Waals surface area contributed by atoms with Crippen LogP contribution < -0.4 is 0 Å². The first-order chi connectivity index (χ1) is 7.33. The van der Waals surface area contributed by atoms with Crippen LogP contribution in [0.5, 0.6) is 0 Å². The molecule has 0 N–H and O–H groups in total. The molecule has 1 aromatic carbocycles. The van der Waals surface area contributed by atoms with E-state index < -0.39 is 5.60 Å². The molecule has 0 radical (unpaired) electrons. The number of hydrogen-bond acceptors (Lipinski definition) is 2. The van der Waals surface area contributed by atoms with Crippen LogP contribution in [0.15, 0.2) is 36.4 Å². The maximum atomic E-state index is 12.0. The van der Waals surface area contributed by atoms with Crippen molar-refractivity contribution < 1.29 is 9.53 Å². The van der Waals surface area contributed by atoms with E-state index in [9.17, 15) is 4.79 Å². The molecule has 0 amide bonds. The van der Waals surface area contributed by atoms with Gasteiger partial charge in [0.05, 0.1) is 6.61 Å². The molecule has 15 heavy (non-hydrogen) atoms. The third kappa shape index (κ3) is 1.11. The van der Waals surface area contributed by atoms with Crippen molar-refractivity contribution in [3.63, 3.8) is 0 Å². The van der Waals surface area contributed by atoms with Crippen LogP contribution >= 0.6 is 0 Å². The molecule has 76 valence electrons. The summed E-state index contributed by atoms with van der Waals surface area (Å²) < 4.78 is 5.73. The molecule has 2 nitrogen and oxygen atoms in total. The van der Waals surface area contributed by atoms with E-state index in [0.29, 0.717) is 13.0 Å². The number of benzene rings is 1. The summed E-state index contributed by atoms with van der Waals surface area (Å²) in [5.41, 5.74) is 1.41. The average Bonchev–Trinajstić information content (AvgIpc) is 2.64. The number of carbonyl (C=O) groups is 1. The molecule has 0 saturated heterocycles. The van der Waals surface area contributed by atoms with Crippen LogP contribution in [0.4, 0.5) is 0 Å². The first-order valence-electron chi connectivity index (χ1n) is 5.26. The second-order valence-corrected chi connectivity index (χ2v) is 4.05. The van der Waals surface area contributed by atoms with Gasteiger partial charge in [-0.2, -0.15) is 0 Å². The van der Waals surface area contributed by atoms with Gasteiger partial charge in [-0.15, -0.1) is 0 Å². The molecule has 0 fully saturated rings. The molecule has 2 aliphatic rings. The highest BCUT2D eigenvalue weighted by Crippen LogP contribution is 2.41. The lowest BCUT2D eigenvalue weighted by molar-refractivity contribution is -0.139. The first-order valence-corrected chi connectivity index (χ1v) is 5.26. The molecule has 1 aliphatic carbocycles. The Morgan fingerprint density at radius 3 is 3.00 bits per heavy atom. The van der Waals surface area contributed by atoms with Crippen LogP contribution in [-0.2, 0) is 21.7 Å². The highest BCUT2D eigenvalue weighted by Gasteiger charge is 2.44. The summed E-state index contributed by atoms with van der Waals surface area (Å²) in [5.74, 6) is 0.190. The molecule has 1 atom stereocenters. The van der Waals surface area contributed by atoms with Crippen LogP contribution in [0.1, 0.15) is 24.0 Å². The summed E-state index contributed by atoms with van der Waals surface area (Å²) in [6.45, 7) is 0.548. The molecule has 2 heteroatoms. The van der Waals surface area contributed by atoms with Gasteiger partial charge in [0.2, 0.25) is 0 Å². The Morgan fingerprint density at radius 2 is 2.13 bits per heavy atom. The van der Waals surface area contributed by atoms with Gasteiger partial charge in [0.15, 0.2) is 11.4 Å². The van der Waals surface area contributed by atoms with E-state index in [0.717, 1.165) is 17.5 Å². The molecule has 0 aromatic heterocycles. The Labute approximate surface area is 88.6 Å². The second-order valence-electron chi connectivity index (χ2n) is 4.05. The Kier molecular flexibility index (Phi) is 1.80. The molecule has 1 heterocycles. The normalized spacial score (nSPS) is 28.4. The number of Topliss-reactive ketones (excluding diaryl/α,β-unsaturated/α-hetero) is 1. The van der Waals surface area contributed by atoms with Gasteiger partial charge >= 0.3 is 0 Å². The molecular formula is C13H12O2. The third-order valence-corrected chi connectivity index (χ3v) is 3.18. The zero-order chi connectivity index (χ0) is 10.3. The van der Waals surface area contributed by atoms with E-state index in [1.807, 2.05) is 36.4 Å². The zero-order valence-corrected chi connectivity index (χ0v) is 8.40. The predicted octanol–water partition coefficient (Wildman–Crippen LogP) is 2.33. The molecule has 1 aliphatic heterocycles. The van der Waals surface area contributed by atoms with Crippen LogP contribution in [0, 0.1) is 0 Å². The van der Waals surface area contributed by atoms with Crippen molar-refractivity contribution in [2.24, 2.45) is 0 Å². The quantitative estimate of drug-likeness (QED) is 0.601. The monoisotopic (exact) mass is 200 g/mol. The number of hydrogen-bond donors (Lipinski definition) is 0. The molecular weight excluding hydrogens is 188 g/mol. The SMILES string of the molecule is O=C1CCC=CC12OCc1ccccc12.